The summed E-state index contributed by atoms with van der Waals surface area (Å²) in [6.45, 7) is 2.83. The summed E-state index contributed by atoms with van der Waals surface area (Å²) in [6.07, 6.45) is 4.87. The van der Waals surface area contributed by atoms with Crippen molar-refractivity contribution in [1.82, 2.24) is 15.1 Å². The summed E-state index contributed by atoms with van der Waals surface area (Å²) in [4.78, 5) is 0. The second kappa shape index (κ2) is 6.42. The third-order valence-corrected chi connectivity index (χ3v) is 2.79. The van der Waals surface area contributed by atoms with E-state index in [1.165, 1.54) is 5.56 Å². The van der Waals surface area contributed by atoms with Gasteiger partial charge in [0, 0.05) is 30.5 Å². The lowest BCUT2D eigenvalue weighted by Crippen LogP contribution is -2.16. The van der Waals surface area contributed by atoms with Gasteiger partial charge in [-0.3, -0.25) is 4.68 Å². The number of nitrogens with one attached hydrogen (secondary N) is 1. The fourth-order valence-electron chi connectivity index (χ4n) is 1.63. The summed E-state index contributed by atoms with van der Waals surface area (Å²) in [5.41, 5.74) is 1.26. The second-order valence-corrected chi connectivity index (χ2v) is 4.36. The molecular formula is C13H16ClN3. The first-order valence-corrected chi connectivity index (χ1v) is 6.15. The van der Waals surface area contributed by atoms with Crippen LogP contribution < -0.4 is 5.32 Å². The molecule has 1 N–H and O–H groups in total. The molecule has 0 saturated heterocycles. The molecule has 0 atom stereocenters. The first kappa shape index (κ1) is 12.1. The minimum Gasteiger partial charge on any atom is -0.313 e. The van der Waals surface area contributed by atoms with Crippen molar-refractivity contribution >= 4 is 11.6 Å². The molecule has 0 radical (unpaired) electrons. The summed E-state index contributed by atoms with van der Waals surface area (Å²) >= 11 is 5.82. The molecule has 1 heterocycles. The Bertz CT molecular complexity index is 422. The van der Waals surface area contributed by atoms with Crippen LogP contribution in [0.25, 0.3) is 0 Å². The van der Waals surface area contributed by atoms with E-state index in [1.807, 2.05) is 41.2 Å². The van der Waals surface area contributed by atoms with Crippen molar-refractivity contribution in [2.24, 2.45) is 0 Å². The van der Waals surface area contributed by atoms with Gasteiger partial charge in [-0.15, -0.1) is 0 Å². The molecule has 3 nitrogen and oxygen atoms in total. The summed E-state index contributed by atoms with van der Waals surface area (Å²) in [7, 11) is 0. The Morgan fingerprint density at radius 3 is 2.76 bits per heavy atom. The number of benzene rings is 1. The SMILES string of the molecule is Clc1ccc(CNCCCn2cccn2)cc1. The van der Waals surface area contributed by atoms with E-state index in [9.17, 15) is 0 Å². The van der Waals surface area contributed by atoms with Crippen LogP contribution in [-0.4, -0.2) is 16.3 Å². The zero-order chi connectivity index (χ0) is 11.9. The van der Waals surface area contributed by atoms with Gasteiger partial charge in [0.15, 0.2) is 0 Å². The molecule has 0 saturated carbocycles. The Kier molecular flexibility index (Phi) is 4.59. The minimum atomic E-state index is 0.785. The monoisotopic (exact) mass is 249 g/mol. The van der Waals surface area contributed by atoms with Crippen molar-refractivity contribution in [1.29, 1.82) is 0 Å². The van der Waals surface area contributed by atoms with Crippen molar-refractivity contribution in [2.45, 2.75) is 19.5 Å². The molecule has 0 aliphatic carbocycles. The van der Waals surface area contributed by atoms with Crippen LogP contribution in [0.4, 0.5) is 0 Å². The van der Waals surface area contributed by atoms with E-state index in [1.54, 1.807) is 6.20 Å². The Hall–Kier alpha value is -1.32. The maximum Gasteiger partial charge on any atom is 0.0489 e. The highest BCUT2D eigenvalue weighted by Gasteiger charge is 1.94. The van der Waals surface area contributed by atoms with Gasteiger partial charge in [-0.25, -0.2) is 0 Å². The largest absolute Gasteiger partial charge is 0.313 e. The molecule has 0 aliphatic heterocycles. The average Bonchev–Trinajstić information content (AvgIpc) is 2.84. The van der Waals surface area contributed by atoms with Gasteiger partial charge in [-0.05, 0) is 36.7 Å². The first-order chi connectivity index (χ1) is 8.34. The maximum absolute atomic E-state index is 5.82. The second-order valence-electron chi connectivity index (χ2n) is 3.93. The van der Waals surface area contributed by atoms with Crippen molar-refractivity contribution < 1.29 is 0 Å². The lowest BCUT2D eigenvalue weighted by molar-refractivity contribution is 0.543. The molecule has 0 spiro atoms. The van der Waals surface area contributed by atoms with E-state index in [4.69, 9.17) is 11.6 Å². The number of hydrogen-bond donors (Lipinski definition) is 1. The predicted molar refractivity (Wildman–Crippen MR) is 70.0 cm³/mol. The number of hydrogen-bond acceptors (Lipinski definition) is 2. The van der Waals surface area contributed by atoms with Gasteiger partial charge in [0.25, 0.3) is 0 Å². The Morgan fingerprint density at radius 1 is 1.24 bits per heavy atom. The normalized spacial score (nSPS) is 10.6. The summed E-state index contributed by atoms with van der Waals surface area (Å²) in [5, 5.41) is 8.34. The van der Waals surface area contributed by atoms with Crippen LogP contribution in [-0.2, 0) is 13.1 Å². The van der Waals surface area contributed by atoms with Crippen molar-refractivity contribution in [3.05, 3.63) is 53.3 Å². The van der Waals surface area contributed by atoms with Gasteiger partial charge in [-0.2, -0.15) is 5.10 Å². The number of aromatic nitrogens is 2. The Morgan fingerprint density at radius 2 is 2.06 bits per heavy atom. The molecule has 2 rings (SSSR count). The van der Waals surface area contributed by atoms with Crippen LogP contribution in [0.5, 0.6) is 0 Å². The molecule has 0 unspecified atom stereocenters. The zero-order valence-corrected chi connectivity index (χ0v) is 10.4. The highest BCUT2D eigenvalue weighted by molar-refractivity contribution is 6.30. The van der Waals surface area contributed by atoms with Crippen molar-refractivity contribution in [2.75, 3.05) is 6.54 Å². The van der Waals surface area contributed by atoms with E-state index in [2.05, 4.69) is 10.4 Å². The quantitative estimate of drug-likeness (QED) is 0.798. The van der Waals surface area contributed by atoms with Crippen LogP contribution in [0.3, 0.4) is 0 Å². The molecule has 0 fully saturated rings. The van der Waals surface area contributed by atoms with Gasteiger partial charge in [0.2, 0.25) is 0 Å². The number of aryl methyl sites for hydroxylation is 1. The third kappa shape index (κ3) is 4.21. The standard InChI is InChI=1S/C13H16ClN3/c14-13-5-3-12(4-6-13)11-15-7-1-9-17-10-2-8-16-17/h2-6,8,10,15H,1,7,9,11H2. The number of nitrogens with zero attached hydrogens (tertiary/aromatic N) is 2. The summed E-state index contributed by atoms with van der Waals surface area (Å²) < 4.78 is 1.95. The van der Waals surface area contributed by atoms with E-state index in [0.29, 0.717) is 0 Å². The lowest BCUT2D eigenvalue weighted by atomic mass is 10.2. The fourth-order valence-corrected chi connectivity index (χ4v) is 1.76. The lowest BCUT2D eigenvalue weighted by Gasteiger charge is -2.05. The van der Waals surface area contributed by atoms with Crippen LogP contribution in [0, 0.1) is 0 Å². The van der Waals surface area contributed by atoms with E-state index >= 15 is 0 Å². The van der Waals surface area contributed by atoms with Gasteiger partial charge >= 0.3 is 0 Å². The van der Waals surface area contributed by atoms with Gasteiger partial charge in [0.05, 0.1) is 0 Å². The molecule has 0 amide bonds. The molecule has 1 aromatic carbocycles. The van der Waals surface area contributed by atoms with Crippen LogP contribution in [0.15, 0.2) is 42.7 Å². The summed E-state index contributed by atoms with van der Waals surface area (Å²) in [5.74, 6) is 0. The van der Waals surface area contributed by atoms with Crippen LogP contribution >= 0.6 is 11.6 Å². The summed E-state index contributed by atoms with van der Waals surface area (Å²) in [6, 6.07) is 9.87. The first-order valence-electron chi connectivity index (χ1n) is 5.77. The predicted octanol–water partition coefficient (Wildman–Crippen LogP) is 2.72. The van der Waals surface area contributed by atoms with E-state index < -0.39 is 0 Å². The number of halogens is 1. The Balaban J connectivity index is 1.61. The third-order valence-electron chi connectivity index (χ3n) is 2.54. The highest BCUT2D eigenvalue weighted by atomic mass is 35.5. The molecule has 17 heavy (non-hydrogen) atoms. The fraction of sp³-hybridized carbons (Fsp3) is 0.308. The van der Waals surface area contributed by atoms with Gasteiger partial charge < -0.3 is 5.32 Å². The highest BCUT2D eigenvalue weighted by Crippen LogP contribution is 2.08. The van der Waals surface area contributed by atoms with Crippen LogP contribution in [0.2, 0.25) is 5.02 Å². The maximum atomic E-state index is 5.82. The molecule has 90 valence electrons. The molecule has 2 aromatic rings. The van der Waals surface area contributed by atoms with Gasteiger partial charge in [0.1, 0.15) is 0 Å². The van der Waals surface area contributed by atoms with E-state index in [0.717, 1.165) is 31.1 Å². The minimum absolute atomic E-state index is 0.785. The van der Waals surface area contributed by atoms with Crippen molar-refractivity contribution in [3.63, 3.8) is 0 Å². The van der Waals surface area contributed by atoms with Gasteiger partial charge in [-0.1, -0.05) is 23.7 Å². The van der Waals surface area contributed by atoms with Crippen LogP contribution in [0.1, 0.15) is 12.0 Å². The average molecular weight is 250 g/mol. The molecular weight excluding hydrogens is 234 g/mol. The van der Waals surface area contributed by atoms with E-state index in [-0.39, 0.29) is 0 Å². The van der Waals surface area contributed by atoms with Crippen molar-refractivity contribution in [3.8, 4) is 0 Å². The smallest absolute Gasteiger partial charge is 0.0489 e. The molecule has 0 aliphatic rings. The zero-order valence-electron chi connectivity index (χ0n) is 9.64. The Labute approximate surface area is 106 Å². The number of rotatable bonds is 6. The molecule has 1 aromatic heterocycles. The molecule has 4 heteroatoms. The molecule has 0 bridgehead atoms. The topological polar surface area (TPSA) is 29.9 Å².